The second kappa shape index (κ2) is 7.89. The molecule has 1 aliphatic rings. The molecule has 0 saturated carbocycles. The van der Waals surface area contributed by atoms with Gasteiger partial charge in [0.2, 0.25) is 5.95 Å². The molecule has 6 nitrogen and oxygen atoms in total. The van der Waals surface area contributed by atoms with Crippen LogP contribution < -0.4 is 15.0 Å². The summed E-state index contributed by atoms with van der Waals surface area (Å²) in [5.74, 6) is 2.19. The van der Waals surface area contributed by atoms with E-state index in [1.807, 2.05) is 31.2 Å². The average molecular weight is 362 g/mol. The van der Waals surface area contributed by atoms with E-state index >= 15 is 0 Å². The number of hydrogen-bond acceptors (Lipinski definition) is 6. The first-order chi connectivity index (χ1) is 12.1. The van der Waals surface area contributed by atoms with Crippen LogP contribution in [0.25, 0.3) is 0 Å². The first-order valence-electron chi connectivity index (χ1n) is 8.52. The fourth-order valence-corrected chi connectivity index (χ4v) is 3.17. The predicted molar refractivity (Wildman–Crippen MR) is 102 cm³/mol. The SMILES string of the molecule is CCN1CCN(c2nc(C)cc(Nc3ccc(OC)c(Cl)c3)n2)CC1. The molecule has 1 aliphatic heterocycles. The molecule has 25 heavy (non-hydrogen) atoms. The molecule has 0 bridgehead atoms. The number of benzene rings is 1. The van der Waals surface area contributed by atoms with E-state index in [4.69, 9.17) is 16.3 Å². The van der Waals surface area contributed by atoms with E-state index in [9.17, 15) is 0 Å². The molecule has 0 atom stereocenters. The number of piperazine rings is 1. The Hall–Kier alpha value is -2.05. The fraction of sp³-hybridized carbons (Fsp3) is 0.444. The number of aryl methyl sites for hydroxylation is 1. The number of rotatable bonds is 5. The van der Waals surface area contributed by atoms with E-state index in [0.29, 0.717) is 10.8 Å². The van der Waals surface area contributed by atoms with Crippen molar-refractivity contribution >= 4 is 29.1 Å². The quantitative estimate of drug-likeness (QED) is 0.881. The van der Waals surface area contributed by atoms with Crippen LogP contribution in [-0.4, -0.2) is 54.7 Å². The minimum Gasteiger partial charge on any atom is -0.495 e. The summed E-state index contributed by atoms with van der Waals surface area (Å²) in [6.45, 7) is 9.26. The van der Waals surface area contributed by atoms with Crippen LogP contribution in [0.2, 0.25) is 5.02 Å². The van der Waals surface area contributed by atoms with Crippen LogP contribution in [0.3, 0.4) is 0 Å². The molecule has 0 aliphatic carbocycles. The van der Waals surface area contributed by atoms with Crippen molar-refractivity contribution in [1.29, 1.82) is 0 Å². The molecule has 0 spiro atoms. The third-order valence-electron chi connectivity index (χ3n) is 4.37. The molecule has 1 saturated heterocycles. The molecule has 7 heteroatoms. The Labute approximate surface area is 153 Å². The zero-order chi connectivity index (χ0) is 17.8. The molecule has 1 fully saturated rings. The highest BCUT2D eigenvalue weighted by molar-refractivity contribution is 6.32. The molecule has 2 aromatic rings. The Balaban J connectivity index is 1.76. The summed E-state index contributed by atoms with van der Waals surface area (Å²) < 4.78 is 5.19. The van der Waals surface area contributed by atoms with Gasteiger partial charge in [-0.2, -0.15) is 4.98 Å². The molecular formula is C18H24ClN5O. The van der Waals surface area contributed by atoms with E-state index in [1.165, 1.54) is 0 Å². The highest BCUT2D eigenvalue weighted by Gasteiger charge is 2.18. The van der Waals surface area contributed by atoms with Crippen LogP contribution in [0.4, 0.5) is 17.5 Å². The van der Waals surface area contributed by atoms with Gasteiger partial charge in [0.1, 0.15) is 11.6 Å². The molecule has 1 aromatic carbocycles. The van der Waals surface area contributed by atoms with Crippen molar-refractivity contribution in [2.75, 3.05) is 50.1 Å². The lowest BCUT2D eigenvalue weighted by molar-refractivity contribution is 0.270. The summed E-state index contributed by atoms with van der Waals surface area (Å²) in [5, 5.41) is 3.87. The molecule has 3 rings (SSSR count). The second-order valence-corrected chi connectivity index (χ2v) is 6.50. The maximum Gasteiger partial charge on any atom is 0.227 e. The van der Waals surface area contributed by atoms with Gasteiger partial charge in [-0.1, -0.05) is 18.5 Å². The van der Waals surface area contributed by atoms with Crippen LogP contribution in [0.1, 0.15) is 12.6 Å². The molecular weight excluding hydrogens is 338 g/mol. The lowest BCUT2D eigenvalue weighted by Gasteiger charge is -2.34. The predicted octanol–water partition coefficient (Wildman–Crippen LogP) is 3.33. The van der Waals surface area contributed by atoms with Crippen LogP contribution >= 0.6 is 11.6 Å². The van der Waals surface area contributed by atoms with Gasteiger partial charge >= 0.3 is 0 Å². The van der Waals surface area contributed by atoms with Gasteiger partial charge in [-0.3, -0.25) is 0 Å². The minimum absolute atomic E-state index is 0.564. The van der Waals surface area contributed by atoms with Gasteiger partial charge in [-0.05, 0) is 31.7 Å². The zero-order valence-corrected chi connectivity index (χ0v) is 15.7. The first-order valence-corrected chi connectivity index (χ1v) is 8.90. The Morgan fingerprint density at radius 2 is 1.92 bits per heavy atom. The summed E-state index contributed by atoms with van der Waals surface area (Å²) in [6, 6.07) is 7.52. The smallest absolute Gasteiger partial charge is 0.227 e. The van der Waals surface area contributed by atoms with E-state index < -0.39 is 0 Å². The van der Waals surface area contributed by atoms with Crippen molar-refractivity contribution in [3.63, 3.8) is 0 Å². The third-order valence-corrected chi connectivity index (χ3v) is 4.66. The van der Waals surface area contributed by atoms with Crippen LogP contribution in [-0.2, 0) is 0 Å². The molecule has 0 unspecified atom stereocenters. The lowest BCUT2D eigenvalue weighted by atomic mass is 10.3. The fourth-order valence-electron chi connectivity index (χ4n) is 2.91. The van der Waals surface area contributed by atoms with Crippen LogP contribution in [0.15, 0.2) is 24.3 Å². The highest BCUT2D eigenvalue weighted by Crippen LogP contribution is 2.29. The van der Waals surface area contributed by atoms with Crippen molar-refractivity contribution in [3.8, 4) is 5.75 Å². The Bertz CT molecular complexity index is 731. The van der Waals surface area contributed by atoms with Gasteiger partial charge in [-0.15, -0.1) is 0 Å². The van der Waals surface area contributed by atoms with Gasteiger partial charge in [0.05, 0.1) is 12.1 Å². The molecule has 0 amide bonds. The van der Waals surface area contributed by atoms with Crippen molar-refractivity contribution in [1.82, 2.24) is 14.9 Å². The molecule has 2 heterocycles. The topological polar surface area (TPSA) is 53.5 Å². The highest BCUT2D eigenvalue weighted by atomic mass is 35.5. The number of aromatic nitrogens is 2. The van der Waals surface area contributed by atoms with E-state index in [1.54, 1.807) is 7.11 Å². The van der Waals surface area contributed by atoms with Gasteiger partial charge in [-0.25, -0.2) is 4.98 Å². The Morgan fingerprint density at radius 1 is 1.16 bits per heavy atom. The number of nitrogens with zero attached hydrogens (tertiary/aromatic N) is 4. The van der Waals surface area contributed by atoms with Crippen LogP contribution in [0.5, 0.6) is 5.75 Å². The molecule has 1 N–H and O–H groups in total. The maximum atomic E-state index is 6.20. The second-order valence-electron chi connectivity index (χ2n) is 6.09. The molecule has 1 aromatic heterocycles. The number of nitrogens with one attached hydrogen (secondary N) is 1. The summed E-state index contributed by atoms with van der Waals surface area (Å²) in [7, 11) is 1.60. The largest absolute Gasteiger partial charge is 0.495 e. The van der Waals surface area contributed by atoms with Crippen molar-refractivity contribution in [2.24, 2.45) is 0 Å². The summed E-state index contributed by atoms with van der Waals surface area (Å²) >= 11 is 6.20. The number of methoxy groups -OCH3 is 1. The first kappa shape index (κ1) is 17.8. The minimum atomic E-state index is 0.564. The number of anilines is 3. The van der Waals surface area contributed by atoms with Crippen molar-refractivity contribution in [2.45, 2.75) is 13.8 Å². The van der Waals surface area contributed by atoms with E-state index in [-0.39, 0.29) is 0 Å². The Kier molecular flexibility index (Phi) is 5.60. The Morgan fingerprint density at radius 3 is 2.56 bits per heavy atom. The average Bonchev–Trinajstić information content (AvgIpc) is 2.61. The van der Waals surface area contributed by atoms with E-state index in [2.05, 4.69) is 32.0 Å². The van der Waals surface area contributed by atoms with E-state index in [0.717, 1.165) is 55.9 Å². The normalized spacial score (nSPS) is 15.3. The van der Waals surface area contributed by atoms with Gasteiger partial charge in [0.15, 0.2) is 0 Å². The summed E-state index contributed by atoms with van der Waals surface area (Å²) in [5.41, 5.74) is 1.80. The van der Waals surface area contributed by atoms with Crippen molar-refractivity contribution in [3.05, 3.63) is 35.0 Å². The number of likely N-dealkylation sites (N-methyl/N-ethyl adjacent to an activating group) is 1. The molecule has 0 radical (unpaired) electrons. The lowest BCUT2D eigenvalue weighted by Crippen LogP contribution is -2.46. The maximum absolute atomic E-state index is 6.20. The zero-order valence-electron chi connectivity index (χ0n) is 14.9. The number of halogens is 1. The monoisotopic (exact) mass is 361 g/mol. The third kappa shape index (κ3) is 4.32. The number of ether oxygens (including phenoxy) is 1. The molecule has 134 valence electrons. The number of hydrogen-bond donors (Lipinski definition) is 1. The van der Waals surface area contributed by atoms with Gasteiger partial charge in [0.25, 0.3) is 0 Å². The summed E-state index contributed by atoms with van der Waals surface area (Å²) in [6.07, 6.45) is 0. The van der Waals surface area contributed by atoms with Gasteiger partial charge < -0.3 is 19.9 Å². The summed E-state index contributed by atoms with van der Waals surface area (Å²) in [4.78, 5) is 14.0. The van der Waals surface area contributed by atoms with Gasteiger partial charge in [0, 0.05) is 43.6 Å². The standard InChI is InChI=1S/C18H24ClN5O/c1-4-23-7-9-24(10-8-23)18-20-13(2)11-17(22-18)21-14-5-6-16(25-3)15(19)12-14/h5-6,11-12H,4,7-10H2,1-3H3,(H,20,21,22). The van der Waals surface area contributed by atoms with Crippen molar-refractivity contribution < 1.29 is 4.74 Å². The van der Waals surface area contributed by atoms with Crippen LogP contribution in [0, 0.1) is 6.92 Å².